The molecule has 2 bridgehead atoms. The Morgan fingerprint density at radius 2 is 2.00 bits per heavy atom. The summed E-state index contributed by atoms with van der Waals surface area (Å²) in [6, 6.07) is 6.94. The predicted octanol–water partition coefficient (Wildman–Crippen LogP) is 3.76. The van der Waals surface area contributed by atoms with E-state index in [1.165, 1.54) is 6.42 Å². The molecule has 3 heterocycles. The lowest BCUT2D eigenvalue weighted by molar-refractivity contribution is -0.141. The van der Waals surface area contributed by atoms with Gasteiger partial charge in [-0.2, -0.15) is 0 Å². The quantitative estimate of drug-likeness (QED) is 0.266. The first kappa shape index (κ1) is 27.2. The molecule has 0 aromatic heterocycles. The van der Waals surface area contributed by atoms with Crippen LogP contribution >= 0.6 is 11.8 Å². The van der Waals surface area contributed by atoms with Crippen molar-refractivity contribution in [3.05, 3.63) is 36.4 Å². The third-order valence-electron chi connectivity index (χ3n) is 8.21. The van der Waals surface area contributed by atoms with E-state index in [4.69, 9.17) is 9.47 Å². The first-order chi connectivity index (χ1) is 18.3. The molecule has 1 aliphatic carbocycles. The van der Waals surface area contributed by atoms with Crippen molar-refractivity contribution in [2.24, 2.45) is 11.8 Å². The standard InChI is InChI=1S/C29H39N3O5S/c1-18(2)36-16-8-15-32-25(27(34)30-19-9-5-4-6-10-19)29-14-13-22(37-29)23(24(29)28(32)35)26(33)31-20-11-7-12-21(17-20)38-3/h7,11-14,17-19,22-25H,4-6,8-10,15-16H2,1-3H3,(H,30,34)(H,31,33)/t22-,23?,24-,25?,29?/m0/s1. The highest BCUT2D eigenvalue weighted by molar-refractivity contribution is 7.98. The third kappa shape index (κ3) is 5.12. The Morgan fingerprint density at radius 1 is 1.21 bits per heavy atom. The molecule has 2 N–H and O–H groups in total. The lowest BCUT2D eigenvalue weighted by atomic mass is 9.74. The molecule has 1 aromatic rings. The second kappa shape index (κ2) is 11.4. The van der Waals surface area contributed by atoms with Gasteiger partial charge >= 0.3 is 0 Å². The van der Waals surface area contributed by atoms with Crippen molar-refractivity contribution in [3.63, 3.8) is 0 Å². The lowest BCUT2D eigenvalue weighted by Gasteiger charge is -2.34. The molecule has 1 aromatic carbocycles. The van der Waals surface area contributed by atoms with Crippen LogP contribution in [0.4, 0.5) is 5.69 Å². The Balaban J connectivity index is 1.39. The third-order valence-corrected chi connectivity index (χ3v) is 8.93. The fraction of sp³-hybridized carbons (Fsp3) is 0.621. The van der Waals surface area contributed by atoms with E-state index in [1.54, 1.807) is 16.7 Å². The lowest BCUT2D eigenvalue weighted by Crippen LogP contribution is -2.56. The van der Waals surface area contributed by atoms with Crippen molar-refractivity contribution >= 4 is 35.2 Å². The molecule has 4 aliphatic rings. The molecule has 0 radical (unpaired) electrons. The van der Waals surface area contributed by atoms with E-state index in [2.05, 4.69) is 10.6 Å². The van der Waals surface area contributed by atoms with E-state index in [9.17, 15) is 14.4 Å². The number of carbonyl (C=O) groups excluding carboxylic acids is 3. The summed E-state index contributed by atoms with van der Waals surface area (Å²) >= 11 is 1.60. The minimum absolute atomic E-state index is 0.0900. The van der Waals surface area contributed by atoms with Gasteiger partial charge in [0.25, 0.3) is 0 Å². The second-order valence-electron chi connectivity index (χ2n) is 11.1. The molecule has 206 valence electrons. The highest BCUT2D eigenvalue weighted by atomic mass is 32.2. The van der Waals surface area contributed by atoms with Gasteiger partial charge in [-0.3, -0.25) is 14.4 Å². The molecule has 38 heavy (non-hydrogen) atoms. The average molecular weight is 542 g/mol. The highest BCUT2D eigenvalue weighted by Crippen LogP contribution is 2.55. The van der Waals surface area contributed by atoms with Crippen molar-refractivity contribution in [2.75, 3.05) is 24.7 Å². The normalized spacial score (nSPS) is 30.2. The van der Waals surface area contributed by atoms with E-state index in [0.29, 0.717) is 25.3 Å². The van der Waals surface area contributed by atoms with E-state index in [0.717, 1.165) is 30.6 Å². The number of nitrogens with zero attached hydrogens (tertiary/aromatic N) is 1. The number of carbonyl (C=O) groups is 3. The van der Waals surface area contributed by atoms with E-state index >= 15 is 0 Å². The van der Waals surface area contributed by atoms with Crippen LogP contribution in [0.3, 0.4) is 0 Å². The second-order valence-corrected chi connectivity index (χ2v) is 12.0. The Bertz CT molecular complexity index is 1090. The Hall–Kier alpha value is -2.36. The molecule has 3 unspecified atom stereocenters. The molecule has 1 spiro atoms. The van der Waals surface area contributed by atoms with Gasteiger partial charge in [0.2, 0.25) is 17.7 Å². The van der Waals surface area contributed by atoms with Crippen LogP contribution in [0.2, 0.25) is 0 Å². The molecule has 3 fully saturated rings. The number of hydrogen-bond acceptors (Lipinski definition) is 6. The summed E-state index contributed by atoms with van der Waals surface area (Å²) in [6.45, 7) is 4.81. The van der Waals surface area contributed by atoms with Crippen molar-refractivity contribution < 1.29 is 23.9 Å². The number of anilines is 1. The molecule has 5 rings (SSSR count). The molecular weight excluding hydrogens is 502 g/mol. The minimum atomic E-state index is -1.14. The maximum absolute atomic E-state index is 14.0. The van der Waals surface area contributed by atoms with Crippen LogP contribution < -0.4 is 10.6 Å². The largest absolute Gasteiger partial charge is 0.379 e. The number of likely N-dealkylation sites (tertiary alicyclic amines) is 1. The SMILES string of the molecule is CSc1cccc(NC(=O)C2[C@@H]3C=CC4(O3)C(C(=O)NC3CCCCC3)N(CCCOC(C)C)C(=O)[C@H]24)c1. The molecule has 1 saturated carbocycles. The maximum atomic E-state index is 14.0. The number of benzene rings is 1. The number of fused-ring (bicyclic) bond motifs is 1. The van der Waals surface area contributed by atoms with E-state index < -0.39 is 29.6 Å². The molecular formula is C29H39N3O5S. The fourth-order valence-electron chi connectivity index (χ4n) is 6.52. The van der Waals surface area contributed by atoms with Gasteiger partial charge in [0.1, 0.15) is 11.6 Å². The number of amides is 3. The van der Waals surface area contributed by atoms with E-state index in [-0.39, 0.29) is 29.9 Å². The first-order valence-corrected chi connectivity index (χ1v) is 15.1. The van der Waals surface area contributed by atoms with Gasteiger partial charge in [-0.05, 0) is 57.6 Å². The van der Waals surface area contributed by atoms with Crippen molar-refractivity contribution in [1.29, 1.82) is 0 Å². The van der Waals surface area contributed by atoms with Crippen molar-refractivity contribution in [2.45, 2.75) is 87.2 Å². The minimum Gasteiger partial charge on any atom is -0.379 e. The van der Waals surface area contributed by atoms with Crippen molar-refractivity contribution in [3.8, 4) is 0 Å². The first-order valence-electron chi connectivity index (χ1n) is 13.9. The van der Waals surface area contributed by atoms with Crippen molar-refractivity contribution in [1.82, 2.24) is 10.2 Å². The number of rotatable bonds is 10. The maximum Gasteiger partial charge on any atom is 0.246 e. The van der Waals surface area contributed by atoms with Crippen LogP contribution in [0.15, 0.2) is 41.3 Å². The fourth-order valence-corrected chi connectivity index (χ4v) is 6.97. The van der Waals surface area contributed by atoms with Gasteiger partial charge in [0.15, 0.2) is 0 Å². The highest BCUT2D eigenvalue weighted by Gasteiger charge is 2.72. The molecule has 5 atom stereocenters. The van der Waals surface area contributed by atoms with Crippen LogP contribution in [0, 0.1) is 11.8 Å². The summed E-state index contributed by atoms with van der Waals surface area (Å²) < 4.78 is 12.1. The Kier molecular flexibility index (Phi) is 8.16. The van der Waals surface area contributed by atoms with Gasteiger partial charge in [-0.1, -0.05) is 37.5 Å². The zero-order valence-corrected chi connectivity index (χ0v) is 23.3. The number of hydrogen-bond donors (Lipinski definition) is 2. The van der Waals surface area contributed by atoms with Crippen LogP contribution in [0.1, 0.15) is 52.4 Å². The van der Waals surface area contributed by atoms with Crippen LogP contribution in [0.25, 0.3) is 0 Å². The Morgan fingerprint density at radius 3 is 2.74 bits per heavy atom. The molecule has 8 nitrogen and oxygen atoms in total. The number of thioether (sulfide) groups is 1. The molecule has 3 amide bonds. The van der Waals surface area contributed by atoms with Gasteiger partial charge in [0, 0.05) is 29.8 Å². The predicted molar refractivity (Wildman–Crippen MR) is 147 cm³/mol. The zero-order valence-electron chi connectivity index (χ0n) is 22.5. The molecule has 2 saturated heterocycles. The van der Waals surface area contributed by atoms with Gasteiger partial charge < -0.3 is 25.0 Å². The topological polar surface area (TPSA) is 97.0 Å². The summed E-state index contributed by atoms with van der Waals surface area (Å²) in [6.07, 6.45) is 11.1. The van der Waals surface area contributed by atoms with Gasteiger partial charge in [-0.15, -0.1) is 11.8 Å². The van der Waals surface area contributed by atoms with Gasteiger partial charge in [0.05, 0.1) is 24.0 Å². The van der Waals surface area contributed by atoms with Gasteiger partial charge in [-0.25, -0.2) is 0 Å². The van der Waals surface area contributed by atoms with Crippen LogP contribution in [-0.4, -0.2) is 71.9 Å². The number of nitrogens with one attached hydrogen (secondary N) is 2. The Labute approximate surface area is 229 Å². The molecule has 3 aliphatic heterocycles. The summed E-state index contributed by atoms with van der Waals surface area (Å²) in [5.41, 5.74) is -0.454. The summed E-state index contributed by atoms with van der Waals surface area (Å²) in [4.78, 5) is 44.1. The number of ether oxygens (including phenoxy) is 2. The average Bonchev–Trinajstić information content (AvgIpc) is 3.54. The zero-order chi connectivity index (χ0) is 26.9. The monoisotopic (exact) mass is 541 g/mol. The molecule has 9 heteroatoms. The summed E-state index contributed by atoms with van der Waals surface area (Å²) in [7, 11) is 0. The smallest absolute Gasteiger partial charge is 0.246 e. The van der Waals surface area contributed by atoms with E-state index in [1.807, 2.05) is 56.5 Å². The van der Waals surface area contributed by atoms with Crippen LogP contribution in [-0.2, 0) is 23.9 Å². The van der Waals surface area contributed by atoms with Crippen LogP contribution in [0.5, 0.6) is 0 Å². The summed E-state index contributed by atoms with van der Waals surface area (Å²) in [5.74, 6) is -2.07. The summed E-state index contributed by atoms with van der Waals surface area (Å²) in [5, 5.41) is 6.23.